The second-order valence-electron chi connectivity index (χ2n) is 7.36. The normalized spacial score (nSPS) is 17.0. The number of hydrogen-bond donors (Lipinski definition) is 0. The van der Waals surface area contributed by atoms with Crippen LogP contribution in [0, 0.1) is 0 Å². The smallest absolute Gasteiger partial charge is 0.371 e. The zero-order valence-corrected chi connectivity index (χ0v) is 23.1. The Labute approximate surface area is 198 Å². The maximum Gasteiger partial charge on any atom is 0.502 e. The van der Waals surface area contributed by atoms with E-state index < -0.39 is 8.80 Å². The van der Waals surface area contributed by atoms with Gasteiger partial charge in [0.15, 0.2) is 4.34 Å². The SMILES string of the molecule is CCC(C)O[Si](CCSSSc1nc2ccccc2s1)(OC(C)CC)OC(C)CC. The summed E-state index contributed by atoms with van der Waals surface area (Å²) in [5.41, 5.74) is 1.08. The quantitative estimate of drug-likeness (QED) is 0.138. The van der Waals surface area contributed by atoms with Gasteiger partial charge in [0.05, 0.1) is 10.2 Å². The van der Waals surface area contributed by atoms with E-state index in [0.29, 0.717) is 0 Å². The molecule has 4 nitrogen and oxygen atoms in total. The van der Waals surface area contributed by atoms with E-state index in [0.717, 1.165) is 40.9 Å². The third kappa shape index (κ3) is 8.65. The van der Waals surface area contributed by atoms with Crippen LogP contribution in [0.1, 0.15) is 60.8 Å². The van der Waals surface area contributed by atoms with Gasteiger partial charge in [-0.1, -0.05) is 43.7 Å². The van der Waals surface area contributed by atoms with Crippen molar-refractivity contribution in [2.24, 2.45) is 0 Å². The molecule has 0 aliphatic rings. The number of nitrogens with zero attached hydrogens (tertiary/aromatic N) is 1. The molecule has 0 spiro atoms. The maximum absolute atomic E-state index is 6.49. The monoisotopic (exact) mass is 505 g/mol. The second-order valence-corrected chi connectivity index (χ2v) is 15.4. The highest BCUT2D eigenvalue weighted by Gasteiger charge is 2.44. The molecule has 3 unspecified atom stereocenters. The molecule has 0 aliphatic carbocycles. The number of aromatic nitrogens is 1. The van der Waals surface area contributed by atoms with Crippen LogP contribution in [0.3, 0.4) is 0 Å². The summed E-state index contributed by atoms with van der Waals surface area (Å²) in [5.74, 6) is 0.929. The standard InChI is InChI=1S/C21H35NO3S4Si/c1-7-16(4)23-30(24-17(5)8-2,25-18(6)9-3)15-14-26-29-28-21-22-19-12-10-11-13-20(19)27-21/h10-13,16-18H,7-9,14-15H2,1-6H3. The summed E-state index contributed by atoms with van der Waals surface area (Å²) in [6, 6.07) is 9.11. The van der Waals surface area contributed by atoms with Crippen LogP contribution in [-0.2, 0) is 13.3 Å². The van der Waals surface area contributed by atoms with E-state index in [1.54, 1.807) is 32.0 Å². The summed E-state index contributed by atoms with van der Waals surface area (Å²) < 4.78 is 21.8. The molecule has 30 heavy (non-hydrogen) atoms. The number of fused-ring (bicyclic) bond motifs is 1. The Kier molecular flexibility index (Phi) is 12.1. The molecule has 170 valence electrons. The molecule has 1 aromatic carbocycles. The summed E-state index contributed by atoms with van der Waals surface area (Å²) in [6.07, 6.45) is 3.28. The summed E-state index contributed by atoms with van der Waals surface area (Å²) in [7, 11) is 2.58. The van der Waals surface area contributed by atoms with Crippen molar-refractivity contribution in [2.75, 3.05) is 5.75 Å². The number of rotatable bonds is 15. The first-order valence-electron chi connectivity index (χ1n) is 10.8. The molecule has 0 N–H and O–H groups in total. The largest absolute Gasteiger partial charge is 0.502 e. The second kappa shape index (κ2) is 13.7. The number of thiazole rings is 1. The first kappa shape index (κ1) is 26.5. The van der Waals surface area contributed by atoms with E-state index >= 15 is 0 Å². The lowest BCUT2D eigenvalue weighted by atomic mass is 10.3. The van der Waals surface area contributed by atoms with Gasteiger partial charge in [0, 0.05) is 30.1 Å². The van der Waals surface area contributed by atoms with E-state index in [9.17, 15) is 0 Å². The van der Waals surface area contributed by atoms with E-state index in [-0.39, 0.29) is 18.3 Å². The van der Waals surface area contributed by atoms with E-state index in [4.69, 9.17) is 18.3 Å². The van der Waals surface area contributed by atoms with Crippen molar-refractivity contribution in [1.29, 1.82) is 0 Å². The van der Waals surface area contributed by atoms with Crippen molar-refractivity contribution in [3.8, 4) is 0 Å². The zero-order chi connectivity index (χ0) is 22.0. The number of para-hydroxylation sites is 1. The molecule has 2 aromatic rings. The summed E-state index contributed by atoms with van der Waals surface area (Å²) in [6.45, 7) is 12.8. The molecule has 1 heterocycles. The lowest BCUT2D eigenvalue weighted by Gasteiger charge is -2.36. The van der Waals surface area contributed by atoms with Gasteiger partial charge in [0.1, 0.15) is 0 Å². The molecule has 3 atom stereocenters. The predicted molar refractivity (Wildman–Crippen MR) is 139 cm³/mol. The molecule has 9 heteroatoms. The summed E-state index contributed by atoms with van der Waals surface area (Å²) >= 11 is 1.75. The molecule has 0 amide bonds. The Morgan fingerprint density at radius 1 is 0.933 bits per heavy atom. The molecule has 1 aromatic heterocycles. The molecule has 0 saturated heterocycles. The molecule has 0 aliphatic heterocycles. The Morgan fingerprint density at radius 3 is 2.03 bits per heavy atom. The summed E-state index contributed by atoms with van der Waals surface area (Å²) in [5, 5.41) is 0. The van der Waals surface area contributed by atoms with Crippen molar-refractivity contribution in [3.05, 3.63) is 24.3 Å². The minimum atomic E-state index is -2.76. The third-order valence-corrected chi connectivity index (χ3v) is 13.7. The number of hydrogen-bond acceptors (Lipinski definition) is 8. The minimum Gasteiger partial charge on any atom is -0.371 e. The average molecular weight is 506 g/mol. The highest BCUT2D eigenvalue weighted by Crippen LogP contribution is 2.44. The molecule has 0 bridgehead atoms. The zero-order valence-electron chi connectivity index (χ0n) is 18.9. The number of benzene rings is 1. The van der Waals surface area contributed by atoms with Crippen molar-refractivity contribution in [2.45, 2.75) is 89.5 Å². The van der Waals surface area contributed by atoms with Crippen LogP contribution in [0.5, 0.6) is 0 Å². The lowest BCUT2D eigenvalue weighted by molar-refractivity contribution is -0.00961. The van der Waals surface area contributed by atoms with Crippen LogP contribution in [-0.4, -0.2) is 37.9 Å². The molecule has 0 saturated carbocycles. The van der Waals surface area contributed by atoms with Gasteiger partial charge in [-0.2, -0.15) is 0 Å². The van der Waals surface area contributed by atoms with E-state index in [1.165, 1.54) is 4.70 Å². The van der Waals surface area contributed by atoms with Gasteiger partial charge in [0.25, 0.3) is 0 Å². The van der Waals surface area contributed by atoms with E-state index in [1.807, 2.05) is 16.9 Å². The van der Waals surface area contributed by atoms with Gasteiger partial charge in [0.2, 0.25) is 0 Å². The van der Waals surface area contributed by atoms with E-state index in [2.05, 4.69) is 59.7 Å². The van der Waals surface area contributed by atoms with Crippen molar-refractivity contribution in [1.82, 2.24) is 4.98 Å². The summed E-state index contributed by atoms with van der Waals surface area (Å²) in [4.78, 5) is 4.69. The van der Waals surface area contributed by atoms with Crippen LogP contribution < -0.4 is 0 Å². The molecule has 2 rings (SSSR count). The van der Waals surface area contributed by atoms with Gasteiger partial charge in [-0.3, -0.25) is 0 Å². The molecule has 0 fully saturated rings. The fourth-order valence-corrected chi connectivity index (χ4v) is 12.2. The van der Waals surface area contributed by atoms with Crippen molar-refractivity contribution < 1.29 is 13.3 Å². The highest BCUT2D eigenvalue weighted by molar-refractivity contribution is 9.09. The lowest BCUT2D eigenvalue weighted by Crippen LogP contribution is -2.51. The molecular weight excluding hydrogens is 471 g/mol. The van der Waals surface area contributed by atoms with Crippen LogP contribution >= 0.6 is 42.8 Å². The third-order valence-electron chi connectivity index (χ3n) is 4.79. The van der Waals surface area contributed by atoms with Crippen molar-refractivity contribution >= 4 is 61.8 Å². The average Bonchev–Trinajstić information content (AvgIpc) is 3.15. The Bertz CT molecular complexity index is 684. The Hall–Kier alpha value is 0.257. The van der Waals surface area contributed by atoms with Crippen molar-refractivity contribution in [3.63, 3.8) is 0 Å². The topological polar surface area (TPSA) is 40.6 Å². The molecular formula is C21H35NO3S4Si. The minimum absolute atomic E-state index is 0.138. The van der Waals surface area contributed by atoms with Gasteiger partial charge >= 0.3 is 8.80 Å². The van der Waals surface area contributed by atoms with Crippen LogP contribution in [0.15, 0.2) is 28.6 Å². The van der Waals surface area contributed by atoms with Crippen LogP contribution in [0.25, 0.3) is 10.2 Å². The highest BCUT2D eigenvalue weighted by atomic mass is 33.5. The molecule has 0 radical (unpaired) electrons. The Morgan fingerprint density at radius 2 is 1.50 bits per heavy atom. The first-order chi connectivity index (χ1) is 14.4. The fraction of sp³-hybridized carbons (Fsp3) is 0.667. The Balaban J connectivity index is 1.94. The van der Waals surface area contributed by atoms with Crippen LogP contribution in [0.4, 0.5) is 0 Å². The predicted octanol–water partition coefficient (Wildman–Crippen LogP) is 8.07. The maximum atomic E-state index is 6.49. The van der Waals surface area contributed by atoms with Gasteiger partial charge in [-0.05, 0) is 72.8 Å². The van der Waals surface area contributed by atoms with Gasteiger partial charge in [-0.25, -0.2) is 4.98 Å². The van der Waals surface area contributed by atoms with Gasteiger partial charge in [-0.15, -0.1) is 11.3 Å². The fourth-order valence-electron chi connectivity index (χ4n) is 2.57. The first-order valence-corrected chi connectivity index (χ1v) is 17.2. The van der Waals surface area contributed by atoms with Crippen LogP contribution in [0.2, 0.25) is 6.04 Å². The van der Waals surface area contributed by atoms with Gasteiger partial charge < -0.3 is 13.3 Å².